The van der Waals surface area contributed by atoms with Gasteiger partial charge >= 0.3 is 0 Å². The molecule has 0 heterocycles. The van der Waals surface area contributed by atoms with Gasteiger partial charge in [0.05, 0.1) is 4.75 Å². The van der Waals surface area contributed by atoms with Crippen molar-refractivity contribution in [3.05, 3.63) is 107 Å². The molecule has 3 aromatic carbocycles. The van der Waals surface area contributed by atoms with E-state index in [1.807, 2.05) is 0 Å². The molecule has 3 aromatic rings. The van der Waals surface area contributed by atoms with Gasteiger partial charge in [0.1, 0.15) is 0 Å². The maximum atomic E-state index is 5.54. The van der Waals surface area contributed by atoms with Gasteiger partial charge in [-0.1, -0.05) is 130 Å². The van der Waals surface area contributed by atoms with Crippen LogP contribution in [0.15, 0.2) is 84.9 Å². The van der Waals surface area contributed by atoms with Gasteiger partial charge in [-0.2, -0.15) is 0 Å². The van der Waals surface area contributed by atoms with E-state index in [-0.39, 0.29) is 4.75 Å². The van der Waals surface area contributed by atoms with Crippen molar-refractivity contribution in [3.8, 4) is 0 Å². The van der Waals surface area contributed by atoms with E-state index in [4.69, 9.17) is 5.73 Å². The molecule has 0 spiro atoms. The van der Waals surface area contributed by atoms with Crippen molar-refractivity contribution < 1.29 is 0 Å². The van der Waals surface area contributed by atoms with E-state index in [0.29, 0.717) is 0 Å². The average molecular weight is 517 g/mol. The summed E-state index contributed by atoms with van der Waals surface area (Å²) in [6.07, 6.45) is 12.8. The Morgan fingerprint density at radius 2 is 1.08 bits per heavy atom. The predicted molar refractivity (Wildman–Crippen MR) is 165 cm³/mol. The molecule has 200 valence electrons. The maximum Gasteiger partial charge on any atom is 0.0906 e. The summed E-state index contributed by atoms with van der Waals surface area (Å²) < 4.78 is -0.188. The van der Waals surface area contributed by atoms with E-state index in [1.54, 1.807) is 0 Å². The van der Waals surface area contributed by atoms with E-state index in [0.717, 1.165) is 38.2 Å². The van der Waals surface area contributed by atoms with Crippen LogP contribution < -0.4 is 11.1 Å². The topological polar surface area (TPSA) is 38.0 Å². The molecular formula is C34H48N2S. The largest absolute Gasteiger partial charge is 0.330 e. The molecule has 3 N–H and O–H groups in total. The quantitative estimate of drug-likeness (QED) is 0.124. The summed E-state index contributed by atoms with van der Waals surface area (Å²) in [6, 6.07) is 31.6. The summed E-state index contributed by atoms with van der Waals surface area (Å²) in [4.78, 5) is 0. The molecule has 0 aliphatic rings. The summed E-state index contributed by atoms with van der Waals surface area (Å²) in [7, 11) is 0. The SMILES string of the molecule is CCc1ccc(C(SCCCCCCCCCCNCCCN)(c2ccccc2)c2ccccc2)cc1. The lowest BCUT2D eigenvalue weighted by Crippen LogP contribution is -2.26. The minimum absolute atomic E-state index is 0.188. The van der Waals surface area contributed by atoms with E-state index in [1.165, 1.54) is 73.6 Å². The van der Waals surface area contributed by atoms with Crippen molar-refractivity contribution in [2.75, 3.05) is 25.4 Å². The highest BCUT2D eigenvalue weighted by atomic mass is 32.2. The Bertz CT molecular complexity index is 917. The molecule has 0 saturated carbocycles. The zero-order valence-electron chi connectivity index (χ0n) is 23.0. The van der Waals surface area contributed by atoms with Crippen LogP contribution in [0.3, 0.4) is 0 Å². The van der Waals surface area contributed by atoms with E-state index in [9.17, 15) is 0 Å². The van der Waals surface area contributed by atoms with Gasteiger partial charge in [-0.05, 0) is 73.3 Å². The third-order valence-electron chi connectivity index (χ3n) is 7.25. The molecule has 2 nitrogen and oxygen atoms in total. The number of nitrogens with two attached hydrogens (primary N) is 1. The first-order valence-corrected chi connectivity index (χ1v) is 15.5. The van der Waals surface area contributed by atoms with Crippen molar-refractivity contribution in [2.45, 2.75) is 75.9 Å². The number of benzene rings is 3. The molecule has 0 fully saturated rings. The second kappa shape index (κ2) is 17.4. The lowest BCUT2D eigenvalue weighted by Gasteiger charge is -2.35. The minimum atomic E-state index is -0.188. The van der Waals surface area contributed by atoms with Crippen molar-refractivity contribution in [1.82, 2.24) is 5.32 Å². The summed E-state index contributed by atoms with van der Waals surface area (Å²) >= 11 is 2.11. The number of aryl methyl sites for hydroxylation is 1. The lowest BCUT2D eigenvalue weighted by atomic mass is 9.83. The van der Waals surface area contributed by atoms with Gasteiger partial charge < -0.3 is 11.1 Å². The molecule has 0 aliphatic heterocycles. The Hall–Kier alpha value is -2.07. The van der Waals surface area contributed by atoms with Crippen LogP contribution in [0.1, 0.15) is 87.0 Å². The Labute approximate surface area is 230 Å². The molecule has 0 amide bonds. The normalized spacial score (nSPS) is 11.6. The first-order chi connectivity index (χ1) is 18.3. The standard InChI is InChI=1S/C34H48N2S/c1-2-30-22-24-33(25-23-30)34(31-18-11-9-12-19-31,32-20-13-10-14-21-32)37-29-16-8-6-4-3-5-7-15-27-36-28-17-26-35/h9-14,18-25,36H,2-8,15-17,26-29,35H2,1H3. The number of thioether (sulfide) groups is 1. The monoisotopic (exact) mass is 516 g/mol. The van der Waals surface area contributed by atoms with Crippen LogP contribution in [-0.4, -0.2) is 25.4 Å². The van der Waals surface area contributed by atoms with Gasteiger partial charge in [0.25, 0.3) is 0 Å². The molecular weight excluding hydrogens is 468 g/mol. The van der Waals surface area contributed by atoms with Crippen LogP contribution in [0, 0.1) is 0 Å². The molecule has 3 heteroatoms. The highest BCUT2D eigenvalue weighted by molar-refractivity contribution is 8.00. The first kappa shape index (κ1) is 29.5. The summed E-state index contributed by atoms with van der Waals surface area (Å²) in [5.41, 5.74) is 11.0. The number of rotatable bonds is 19. The van der Waals surface area contributed by atoms with Gasteiger partial charge in [-0.15, -0.1) is 11.8 Å². The predicted octanol–water partition coefficient (Wildman–Crippen LogP) is 8.33. The molecule has 0 bridgehead atoms. The van der Waals surface area contributed by atoms with Gasteiger partial charge in [0.15, 0.2) is 0 Å². The second-order valence-corrected chi connectivity index (χ2v) is 11.3. The number of hydrogen-bond acceptors (Lipinski definition) is 3. The van der Waals surface area contributed by atoms with Crippen LogP contribution in [0.4, 0.5) is 0 Å². The van der Waals surface area contributed by atoms with Crippen LogP contribution in [0.2, 0.25) is 0 Å². The molecule has 0 saturated heterocycles. The summed E-state index contributed by atoms with van der Waals surface area (Å²) in [5.74, 6) is 1.16. The molecule has 0 unspecified atom stereocenters. The Morgan fingerprint density at radius 1 is 0.595 bits per heavy atom. The summed E-state index contributed by atoms with van der Waals surface area (Å²) in [5, 5.41) is 3.48. The molecule has 0 aromatic heterocycles. The average Bonchev–Trinajstić information content (AvgIpc) is 2.96. The number of unbranched alkanes of at least 4 members (excludes halogenated alkanes) is 7. The highest BCUT2D eigenvalue weighted by Crippen LogP contribution is 2.48. The van der Waals surface area contributed by atoms with Gasteiger partial charge in [0.2, 0.25) is 0 Å². The Morgan fingerprint density at radius 3 is 1.62 bits per heavy atom. The Kier molecular flexibility index (Phi) is 13.9. The fourth-order valence-corrected chi connectivity index (χ4v) is 6.62. The molecule has 37 heavy (non-hydrogen) atoms. The van der Waals surface area contributed by atoms with Crippen LogP contribution in [0.5, 0.6) is 0 Å². The zero-order valence-corrected chi connectivity index (χ0v) is 23.8. The van der Waals surface area contributed by atoms with E-state index in [2.05, 4.69) is 109 Å². The second-order valence-electron chi connectivity index (χ2n) is 10.0. The Balaban J connectivity index is 1.55. The third kappa shape index (κ3) is 9.32. The van der Waals surface area contributed by atoms with Crippen molar-refractivity contribution in [3.63, 3.8) is 0 Å². The number of hydrogen-bond donors (Lipinski definition) is 2. The fraction of sp³-hybridized carbons (Fsp3) is 0.471. The van der Waals surface area contributed by atoms with Crippen LogP contribution in [0.25, 0.3) is 0 Å². The fourth-order valence-electron chi connectivity index (χ4n) is 5.06. The van der Waals surface area contributed by atoms with E-state index >= 15 is 0 Å². The van der Waals surface area contributed by atoms with Gasteiger partial charge in [-0.25, -0.2) is 0 Å². The molecule has 0 aliphatic carbocycles. The van der Waals surface area contributed by atoms with E-state index < -0.39 is 0 Å². The number of nitrogens with one attached hydrogen (secondary N) is 1. The molecule has 0 atom stereocenters. The lowest BCUT2D eigenvalue weighted by molar-refractivity contribution is 0.552. The van der Waals surface area contributed by atoms with Gasteiger partial charge in [-0.3, -0.25) is 0 Å². The summed E-state index contributed by atoms with van der Waals surface area (Å²) in [6.45, 7) is 5.22. The van der Waals surface area contributed by atoms with Crippen molar-refractivity contribution >= 4 is 11.8 Å². The third-order valence-corrected chi connectivity index (χ3v) is 8.89. The smallest absolute Gasteiger partial charge is 0.0906 e. The molecule has 3 rings (SSSR count). The molecule has 0 radical (unpaired) electrons. The van der Waals surface area contributed by atoms with Gasteiger partial charge in [0, 0.05) is 0 Å². The van der Waals surface area contributed by atoms with Crippen molar-refractivity contribution in [2.24, 2.45) is 5.73 Å². The van der Waals surface area contributed by atoms with Crippen molar-refractivity contribution in [1.29, 1.82) is 0 Å². The highest BCUT2D eigenvalue weighted by Gasteiger charge is 2.36. The van der Waals surface area contributed by atoms with Crippen LogP contribution in [-0.2, 0) is 11.2 Å². The maximum absolute atomic E-state index is 5.54. The first-order valence-electron chi connectivity index (χ1n) is 14.6. The minimum Gasteiger partial charge on any atom is -0.330 e. The van der Waals surface area contributed by atoms with Crippen LogP contribution >= 0.6 is 11.8 Å². The zero-order chi connectivity index (χ0) is 26.0.